The molecule has 0 aliphatic heterocycles. The number of unbranched alkanes of at least 4 members (excludes halogenated alkanes) is 2. The summed E-state index contributed by atoms with van der Waals surface area (Å²) in [5.74, 6) is 0.414. The summed E-state index contributed by atoms with van der Waals surface area (Å²) in [6.45, 7) is 2.30. The minimum absolute atomic E-state index is 0.287. The van der Waals surface area contributed by atoms with Gasteiger partial charge in [-0.25, -0.2) is 0 Å². The summed E-state index contributed by atoms with van der Waals surface area (Å²) in [6.07, 6.45) is 8.04. The topological polar surface area (TPSA) is 69.6 Å². The molecule has 1 aliphatic rings. The Labute approximate surface area is 110 Å². The molecule has 1 saturated carbocycles. The van der Waals surface area contributed by atoms with E-state index >= 15 is 0 Å². The maximum absolute atomic E-state index is 10.3. The molecule has 0 heterocycles. The second-order valence-electron chi connectivity index (χ2n) is 5.40. The molecule has 18 heavy (non-hydrogen) atoms. The fraction of sp³-hybridized carbons (Fsp3) is 0.929. The van der Waals surface area contributed by atoms with E-state index in [2.05, 4.69) is 5.32 Å². The third-order valence-corrected chi connectivity index (χ3v) is 3.95. The zero-order valence-corrected chi connectivity index (χ0v) is 11.2. The average molecular weight is 257 g/mol. The molecular weight excluding hydrogens is 230 g/mol. The lowest BCUT2D eigenvalue weighted by atomic mass is 9.79. The molecule has 0 spiro atoms. The van der Waals surface area contributed by atoms with Gasteiger partial charge in [-0.3, -0.25) is 4.79 Å². The fourth-order valence-corrected chi connectivity index (χ4v) is 2.78. The van der Waals surface area contributed by atoms with Gasteiger partial charge in [0.05, 0.1) is 0 Å². The van der Waals surface area contributed by atoms with E-state index in [0.717, 1.165) is 32.4 Å². The summed E-state index contributed by atoms with van der Waals surface area (Å²) in [6, 6.07) is 0. The average Bonchev–Trinajstić information content (AvgIpc) is 2.37. The number of carboxylic acid groups (broad SMARTS) is 1. The Morgan fingerprint density at radius 1 is 1.11 bits per heavy atom. The number of aliphatic carboxylic acids is 1. The van der Waals surface area contributed by atoms with Crippen LogP contribution in [0, 0.1) is 11.8 Å². The number of nitrogens with one attached hydrogen (secondary N) is 1. The van der Waals surface area contributed by atoms with Crippen LogP contribution < -0.4 is 5.32 Å². The van der Waals surface area contributed by atoms with Gasteiger partial charge in [-0.1, -0.05) is 19.3 Å². The Kier molecular flexibility index (Phi) is 8.01. The van der Waals surface area contributed by atoms with E-state index in [1.807, 2.05) is 0 Å². The molecule has 2 atom stereocenters. The van der Waals surface area contributed by atoms with Gasteiger partial charge in [0.2, 0.25) is 0 Å². The number of hydrogen-bond acceptors (Lipinski definition) is 3. The van der Waals surface area contributed by atoms with Gasteiger partial charge in [0.1, 0.15) is 0 Å². The number of carbonyl (C=O) groups is 1. The number of aliphatic hydroxyl groups excluding tert-OH is 1. The van der Waals surface area contributed by atoms with Crippen LogP contribution in [0.15, 0.2) is 0 Å². The smallest absolute Gasteiger partial charge is 0.303 e. The van der Waals surface area contributed by atoms with Gasteiger partial charge in [0.15, 0.2) is 0 Å². The Hall–Kier alpha value is -0.610. The van der Waals surface area contributed by atoms with Crippen LogP contribution in [-0.2, 0) is 4.79 Å². The van der Waals surface area contributed by atoms with Crippen molar-refractivity contribution in [2.24, 2.45) is 11.8 Å². The molecule has 4 nitrogen and oxygen atoms in total. The van der Waals surface area contributed by atoms with Crippen LogP contribution in [-0.4, -0.2) is 35.9 Å². The van der Waals surface area contributed by atoms with Gasteiger partial charge in [-0.15, -0.1) is 0 Å². The molecule has 0 radical (unpaired) electrons. The first-order chi connectivity index (χ1) is 8.74. The zero-order valence-electron chi connectivity index (χ0n) is 11.2. The Morgan fingerprint density at radius 2 is 1.83 bits per heavy atom. The summed E-state index contributed by atoms with van der Waals surface area (Å²) in [7, 11) is 0. The van der Waals surface area contributed by atoms with E-state index < -0.39 is 5.97 Å². The molecule has 4 heteroatoms. The molecule has 1 aliphatic carbocycles. The van der Waals surface area contributed by atoms with Gasteiger partial charge >= 0.3 is 5.97 Å². The van der Waals surface area contributed by atoms with Gasteiger partial charge in [-0.05, 0) is 50.6 Å². The third-order valence-electron chi connectivity index (χ3n) is 3.95. The van der Waals surface area contributed by atoms with Gasteiger partial charge in [0, 0.05) is 13.0 Å². The quantitative estimate of drug-likeness (QED) is 0.553. The molecule has 0 saturated heterocycles. The SMILES string of the molecule is O=C(O)CCCCCNCC1CCCCC1CO. The number of carboxylic acids is 1. The largest absolute Gasteiger partial charge is 0.481 e. The van der Waals surface area contributed by atoms with Crippen molar-refractivity contribution in [2.45, 2.75) is 51.4 Å². The predicted octanol–water partition coefficient (Wildman–Crippen LogP) is 2.02. The Bertz CT molecular complexity index is 233. The van der Waals surface area contributed by atoms with Crippen molar-refractivity contribution in [1.29, 1.82) is 0 Å². The fourth-order valence-electron chi connectivity index (χ4n) is 2.78. The van der Waals surface area contributed by atoms with E-state index in [1.54, 1.807) is 0 Å². The Morgan fingerprint density at radius 3 is 2.50 bits per heavy atom. The van der Waals surface area contributed by atoms with Crippen LogP contribution in [0.4, 0.5) is 0 Å². The second kappa shape index (κ2) is 9.34. The van der Waals surface area contributed by atoms with Crippen LogP contribution >= 0.6 is 0 Å². The minimum Gasteiger partial charge on any atom is -0.481 e. The lowest BCUT2D eigenvalue weighted by molar-refractivity contribution is -0.137. The first-order valence-corrected chi connectivity index (χ1v) is 7.27. The van der Waals surface area contributed by atoms with Gasteiger partial charge < -0.3 is 15.5 Å². The Balaban J connectivity index is 1.97. The van der Waals surface area contributed by atoms with Crippen molar-refractivity contribution in [3.8, 4) is 0 Å². The molecule has 0 amide bonds. The maximum atomic E-state index is 10.3. The predicted molar refractivity (Wildman–Crippen MR) is 71.5 cm³/mol. The first kappa shape index (κ1) is 15.4. The third kappa shape index (κ3) is 6.36. The first-order valence-electron chi connectivity index (χ1n) is 7.27. The van der Waals surface area contributed by atoms with E-state index in [4.69, 9.17) is 5.11 Å². The highest BCUT2D eigenvalue weighted by Gasteiger charge is 2.23. The van der Waals surface area contributed by atoms with E-state index in [1.165, 1.54) is 25.7 Å². The number of aliphatic hydroxyl groups is 1. The highest BCUT2D eigenvalue weighted by Crippen LogP contribution is 2.28. The summed E-state index contributed by atoms with van der Waals surface area (Å²) in [4.78, 5) is 10.3. The molecule has 1 rings (SSSR count). The molecule has 0 bridgehead atoms. The lowest BCUT2D eigenvalue weighted by Crippen LogP contribution is -2.32. The van der Waals surface area contributed by atoms with Crippen LogP contribution in [0.2, 0.25) is 0 Å². The summed E-state index contributed by atoms with van der Waals surface area (Å²) in [5.41, 5.74) is 0. The van der Waals surface area contributed by atoms with Crippen molar-refractivity contribution >= 4 is 5.97 Å². The molecule has 0 aromatic heterocycles. The summed E-state index contributed by atoms with van der Waals surface area (Å²) in [5, 5.41) is 21.3. The van der Waals surface area contributed by atoms with Gasteiger partial charge in [-0.2, -0.15) is 0 Å². The lowest BCUT2D eigenvalue weighted by Gasteiger charge is -2.30. The van der Waals surface area contributed by atoms with Crippen molar-refractivity contribution in [1.82, 2.24) is 5.32 Å². The van der Waals surface area contributed by atoms with E-state index in [-0.39, 0.29) is 6.42 Å². The molecule has 0 aromatic carbocycles. The molecule has 106 valence electrons. The standard InChI is InChI=1S/C14H27NO3/c16-11-13-7-4-3-6-12(13)10-15-9-5-1-2-8-14(17)18/h12-13,15-16H,1-11H2,(H,17,18). The minimum atomic E-state index is -0.698. The zero-order chi connectivity index (χ0) is 13.2. The van der Waals surface area contributed by atoms with Crippen LogP contribution in [0.1, 0.15) is 51.4 Å². The van der Waals surface area contributed by atoms with Crippen LogP contribution in [0.5, 0.6) is 0 Å². The summed E-state index contributed by atoms with van der Waals surface area (Å²) < 4.78 is 0. The second-order valence-corrected chi connectivity index (χ2v) is 5.40. The highest BCUT2D eigenvalue weighted by molar-refractivity contribution is 5.66. The number of rotatable bonds is 9. The molecule has 3 N–H and O–H groups in total. The molecule has 0 aromatic rings. The highest BCUT2D eigenvalue weighted by atomic mass is 16.4. The van der Waals surface area contributed by atoms with Crippen molar-refractivity contribution < 1.29 is 15.0 Å². The van der Waals surface area contributed by atoms with Crippen molar-refractivity contribution in [3.05, 3.63) is 0 Å². The van der Waals surface area contributed by atoms with E-state index in [0.29, 0.717) is 18.4 Å². The van der Waals surface area contributed by atoms with Crippen LogP contribution in [0.3, 0.4) is 0 Å². The van der Waals surface area contributed by atoms with Crippen molar-refractivity contribution in [2.75, 3.05) is 19.7 Å². The van der Waals surface area contributed by atoms with Crippen molar-refractivity contribution in [3.63, 3.8) is 0 Å². The van der Waals surface area contributed by atoms with E-state index in [9.17, 15) is 9.90 Å². The maximum Gasteiger partial charge on any atom is 0.303 e. The summed E-state index contributed by atoms with van der Waals surface area (Å²) >= 11 is 0. The molecular formula is C14H27NO3. The molecule has 2 unspecified atom stereocenters. The van der Waals surface area contributed by atoms with Crippen LogP contribution in [0.25, 0.3) is 0 Å². The number of hydrogen-bond donors (Lipinski definition) is 3. The normalized spacial score (nSPS) is 24.1. The molecule has 1 fully saturated rings. The monoisotopic (exact) mass is 257 g/mol. The van der Waals surface area contributed by atoms with Gasteiger partial charge in [0.25, 0.3) is 0 Å².